The van der Waals surface area contributed by atoms with Crippen LogP contribution in [0.1, 0.15) is 11.1 Å². The fourth-order valence-corrected chi connectivity index (χ4v) is 3.66. The molecule has 31 heavy (non-hydrogen) atoms. The molecule has 1 N–H and O–H groups in total. The summed E-state index contributed by atoms with van der Waals surface area (Å²) in [6.07, 6.45) is 1.37. The van der Waals surface area contributed by atoms with Crippen molar-refractivity contribution < 1.29 is 13.9 Å². The van der Waals surface area contributed by atoms with E-state index in [1.165, 1.54) is 24.3 Å². The molecule has 3 aromatic rings. The van der Waals surface area contributed by atoms with Crippen LogP contribution in [0.3, 0.4) is 0 Å². The van der Waals surface area contributed by atoms with Crippen LogP contribution in [-0.4, -0.2) is 5.91 Å². The van der Waals surface area contributed by atoms with E-state index in [9.17, 15) is 14.4 Å². The number of hydrogen-bond acceptors (Lipinski definition) is 3. The van der Waals surface area contributed by atoms with Crippen molar-refractivity contribution in [1.82, 2.24) is 0 Å². The van der Waals surface area contributed by atoms with Crippen molar-refractivity contribution in [2.24, 2.45) is 0 Å². The van der Waals surface area contributed by atoms with Crippen LogP contribution in [0.15, 0.2) is 70.7 Å². The molecule has 0 aromatic heterocycles. The molecule has 1 amide bonds. The number of carbonyl (C=O) groups excluding carboxylic acids is 1. The van der Waals surface area contributed by atoms with Crippen molar-refractivity contribution in [3.8, 4) is 11.8 Å². The van der Waals surface area contributed by atoms with Gasteiger partial charge in [0.15, 0.2) is 5.75 Å². The van der Waals surface area contributed by atoms with Crippen molar-refractivity contribution in [3.05, 3.63) is 97.7 Å². The average molecular weight is 520 g/mol. The Bertz CT molecular complexity index is 1190. The molecule has 0 atom stereocenters. The molecule has 0 aliphatic rings. The van der Waals surface area contributed by atoms with Gasteiger partial charge in [0.2, 0.25) is 0 Å². The summed E-state index contributed by atoms with van der Waals surface area (Å²) in [6.45, 7) is -0.0558. The topological polar surface area (TPSA) is 62.1 Å². The summed E-state index contributed by atoms with van der Waals surface area (Å²) in [7, 11) is 0. The SMILES string of the molecule is N#C/C(=C/c1cc(Cl)c(OCc2ccccc2F)c(Cl)c1)C(=O)Nc1cccc(Br)c1. The van der Waals surface area contributed by atoms with E-state index in [0.717, 1.165) is 4.47 Å². The van der Waals surface area contributed by atoms with Gasteiger partial charge in [-0.05, 0) is 48.0 Å². The molecular formula is C23H14BrCl2FN2O2. The van der Waals surface area contributed by atoms with Gasteiger partial charge in [-0.3, -0.25) is 4.79 Å². The molecule has 0 heterocycles. The van der Waals surface area contributed by atoms with Crippen molar-refractivity contribution in [2.75, 3.05) is 5.32 Å². The van der Waals surface area contributed by atoms with E-state index in [2.05, 4.69) is 21.2 Å². The lowest BCUT2D eigenvalue weighted by Gasteiger charge is -2.12. The van der Waals surface area contributed by atoms with Gasteiger partial charge in [0.1, 0.15) is 24.1 Å². The van der Waals surface area contributed by atoms with Gasteiger partial charge in [0.05, 0.1) is 10.0 Å². The highest BCUT2D eigenvalue weighted by Gasteiger charge is 2.14. The van der Waals surface area contributed by atoms with Crippen LogP contribution in [0, 0.1) is 17.1 Å². The normalized spacial score (nSPS) is 11.0. The predicted octanol–water partition coefficient (Wildman–Crippen LogP) is 7.02. The van der Waals surface area contributed by atoms with Gasteiger partial charge < -0.3 is 10.1 Å². The number of nitrogens with one attached hydrogen (secondary N) is 1. The number of amides is 1. The summed E-state index contributed by atoms with van der Waals surface area (Å²) >= 11 is 15.9. The minimum absolute atomic E-state index is 0.0558. The number of nitrogens with zero attached hydrogens (tertiary/aromatic N) is 1. The van der Waals surface area contributed by atoms with Crippen molar-refractivity contribution in [1.29, 1.82) is 5.26 Å². The largest absolute Gasteiger partial charge is 0.486 e. The summed E-state index contributed by atoms with van der Waals surface area (Å²) in [5.41, 5.74) is 1.20. The Kier molecular flexibility index (Phi) is 7.69. The van der Waals surface area contributed by atoms with Gasteiger partial charge >= 0.3 is 0 Å². The second-order valence-corrected chi connectivity index (χ2v) is 8.06. The van der Waals surface area contributed by atoms with Crippen LogP contribution in [-0.2, 0) is 11.4 Å². The molecule has 0 unspecified atom stereocenters. The Morgan fingerprint density at radius 3 is 2.48 bits per heavy atom. The van der Waals surface area contributed by atoms with Gasteiger partial charge in [0.25, 0.3) is 5.91 Å². The summed E-state index contributed by atoms with van der Waals surface area (Å²) < 4.78 is 20.1. The predicted molar refractivity (Wildman–Crippen MR) is 124 cm³/mol. The molecule has 4 nitrogen and oxygen atoms in total. The van der Waals surface area contributed by atoms with Crippen LogP contribution in [0.5, 0.6) is 5.75 Å². The number of anilines is 1. The van der Waals surface area contributed by atoms with Crippen LogP contribution in [0.2, 0.25) is 10.0 Å². The van der Waals surface area contributed by atoms with E-state index in [0.29, 0.717) is 16.8 Å². The highest BCUT2D eigenvalue weighted by molar-refractivity contribution is 9.10. The number of hydrogen-bond donors (Lipinski definition) is 1. The van der Waals surface area contributed by atoms with Gasteiger partial charge in [-0.2, -0.15) is 5.26 Å². The molecule has 0 saturated carbocycles. The zero-order valence-corrected chi connectivity index (χ0v) is 18.9. The third-order valence-electron chi connectivity index (χ3n) is 4.11. The molecule has 8 heteroatoms. The quantitative estimate of drug-likeness (QED) is 0.281. The van der Waals surface area contributed by atoms with Gasteiger partial charge in [0, 0.05) is 15.7 Å². The third-order valence-corrected chi connectivity index (χ3v) is 5.16. The lowest BCUT2D eigenvalue weighted by Crippen LogP contribution is -2.13. The number of halogens is 4. The first-order valence-corrected chi connectivity index (χ1v) is 10.5. The molecule has 156 valence electrons. The highest BCUT2D eigenvalue weighted by atomic mass is 79.9. The van der Waals surface area contributed by atoms with E-state index in [1.807, 2.05) is 12.1 Å². The maximum Gasteiger partial charge on any atom is 0.266 e. The number of ether oxygens (including phenoxy) is 1. The summed E-state index contributed by atoms with van der Waals surface area (Å²) in [5, 5.41) is 12.4. The molecule has 0 aliphatic heterocycles. The van der Waals surface area contributed by atoms with Gasteiger partial charge in [-0.25, -0.2) is 4.39 Å². The second kappa shape index (κ2) is 10.5. The van der Waals surface area contributed by atoms with E-state index in [1.54, 1.807) is 36.4 Å². The zero-order valence-electron chi connectivity index (χ0n) is 15.8. The van der Waals surface area contributed by atoms with Crippen LogP contribution in [0.4, 0.5) is 10.1 Å². The van der Waals surface area contributed by atoms with Crippen LogP contribution >= 0.6 is 39.1 Å². The van der Waals surface area contributed by atoms with E-state index >= 15 is 0 Å². The Morgan fingerprint density at radius 2 is 1.84 bits per heavy atom. The molecule has 0 bridgehead atoms. The van der Waals surface area contributed by atoms with Gasteiger partial charge in [-0.1, -0.05) is 63.4 Å². The second-order valence-electron chi connectivity index (χ2n) is 6.33. The summed E-state index contributed by atoms with van der Waals surface area (Å²) in [6, 6.07) is 18.1. The smallest absolute Gasteiger partial charge is 0.266 e. The molecule has 0 fully saturated rings. The minimum atomic E-state index is -0.576. The molecule has 0 spiro atoms. The Hall–Kier alpha value is -2.85. The molecule has 0 aliphatic carbocycles. The first-order valence-electron chi connectivity index (χ1n) is 8.91. The van der Waals surface area contributed by atoms with Crippen LogP contribution in [0.25, 0.3) is 6.08 Å². The fraction of sp³-hybridized carbons (Fsp3) is 0.0435. The molecule has 3 aromatic carbocycles. The number of nitriles is 1. The fourth-order valence-electron chi connectivity index (χ4n) is 2.65. The van der Waals surface area contributed by atoms with E-state index in [-0.39, 0.29) is 28.0 Å². The maximum absolute atomic E-state index is 13.8. The van der Waals surface area contributed by atoms with Crippen molar-refractivity contribution >= 4 is 56.8 Å². The average Bonchev–Trinajstić information content (AvgIpc) is 2.72. The summed E-state index contributed by atoms with van der Waals surface area (Å²) in [4.78, 5) is 12.4. The first kappa shape index (κ1) is 22.8. The number of benzene rings is 3. The Labute approximate surface area is 197 Å². The number of rotatable bonds is 6. The van der Waals surface area contributed by atoms with E-state index < -0.39 is 11.7 Å². The maximum atomic E-state index is 13.8. The summed E-state index contributed by atoms with van der Waals surface area (Å²) in [5.74, 6) is -0.794. The Morgan fingerprint density at radius 1 is 1.13 bits per heavy atom. The lowest BCUT2D eigenvalue weighted by atomic mass is 10.1. The van der Waals surface area contributed by atoms with E-state index in [4.69, 9.17) is 27.9 Å². The molecule has 0 saturated heterocycles. The third kappa shape index (κ3) is 6.08. The molecular weight excluding hydrogens is 506 g/mol. The molecule has 3 rings (SSSR count). The number of carbonyl (C=O) groups is 1. The monoisotopic (exact) mass is 518 g/mol. The van der Waals surface area contributed by atoms with Crippen LogP contribution < -0.4 is 10.1 Å². The standard InChI is InChI=1S/C23H14BrCl2FN2O2/c24-17-5-3-6-18(11-17)29-23(30)16(12-28)8-14-9-19(25)22(20(26)10-14)31-13-15-4-1-2-7-21(15)27/h1-11H,13H2,(H,29,30)/b16-8-. The van der Waals surface area contributed by atoms with Crippen molar-refractivity contribution in [2.45, 2.75) is 6.61 Å². The van der Waals surface area contributed by atoms with Crippen molar-refractivity contribution in [3.63, 3.8) is 0 Å². The van der Waals surface area contributed by atoms with Gasteiger partial charge in [-0.15, -0.1) is 0 Å². The zero-order chi connectivity index (χ0) is 22.4. The first-order chi connectivity index (χ1) is 14.9. The Balaban J connectivity index is 1.78. The minimum Gasteiger partial charge on any atom is -0.486 e. The lowest BCUT2D eigenvalue weighted by molar-refractivity contribution is -0.112. The highest BCUT2D eigenvalue weighted by Crippen LogP contribution is 2.35. The molecule has 0 radical (unpaired) electrons.